The zero-order chi connectivity index (χ0) is 12.3. The third-order valence-electron chi connectivity index (χ3n) is 3.27. The largest absolute Gasteiger partial charge is 0.339 e. The Bertz CT molecular complexity index is 388. The molecule has 0 atom stereocenters. The molecule has 1 N–H and O–H groups in total. The quantitative estimate of drug-likeness (QED) is 0.907. The highest BCUT2D eigenvalue weighted by atomic mass is 35.5. The van der Waals surface area contributed by atoms with Crippen molar-refractivity contribution >= 4 is 29.9 Å². The highest BCUT2D eigenvalue weighted by Gasteiger charge is 2.22. The maximum atomic E-state index is 12.2. The first kappa shape index (κ1) is 15.3. The van der Waals surface area contributed by atoms with E-state index in [1.165, 1.54) is 0 Å². The summed E-state index contributed by atoms with van der Waals surface area (Å²) in [6.07, 6.45) is 2.05. The van der Waals surface area contributed by atoms with E-state index >= 15 is 0 Å². The van der Waals surface area contributed by atoms with E-state index in [2.05, 4.69) is 5.32 Å². The molecular weight excluding hydrogens is 271 g/mol. The van der Waals surface area contributed by atoms with Gasteiger partial charge in [0.1, 0.15) is 0 Å². The molecule has 1 aliphatic heterocycles. The fourth-order valence-electron chi connectivity index (χ4n) is 2.16. The Morgan fingerprint density at radius 1 is 1.28 bits per heavy atom. The molecule has 2 rings (SSSR count). The van der Waals surface area contributed by atoms with E-state index in [-0.39, 0.29) is 18.3 Å². The summed E-state index contributed by atoms with van der Waals surface area (Å²) in [5.41, 5.74) is 0.704. The van der Waals surface area contributed by atoms with Crippen molar-refractivity contribution in [1.82, 2.24) is 10.2 Å². The number of hydrogen-bond donors (Lipinski definition) is 1. The van der Waals surface area contributed by atoms with Crippen molar-refractivity contribution < 1.29 is 4.79 Å². The average Bonchev–Trinajstić information content (AvgIpc) is 2.39. The summed E-state index contributed by atoms with van der Waals surface area (Å²) >= 11 is 5.81. The minimum absolute atomic E-state index is 0. The smallest absolute Gasteiger partial charge is 0.253 e. The van der Waals surface area contributed by atoms with Crippen molar-refractivity contribution in [2.45, 2.75) is 18.9 Å². The second kappa shape index (κ2) is 6.98. The van der Waals surface area contributed by atoms with E-state index in [9.17, 15) is 4.79 Å². The molecule has 1 saturated heterocycles. The average molecular weight is 289 g/mol. The Balaban J connectivity index is 0.00000162. The van der Waals surface area contributed by atoms with Gasteiger partial charge in [0.15, 0.2) is 0 Å². The van der Waals surface area contributed by atoms with Crippen LogP contribution in [0.5, 0.6) is 0 Å². The van der Waals surface area contributed by atoms with Gasteiger partial charge < -0.3 is 10.2 Å². The van der Waals surface area contributed by atoms with E-state index in [0.717, 1.165) is 25.9 Å². The van der Waals surface area contributed by atoms with E-state index in [0.29, 0.717) is 16.6 Å². The SMILES string of the molecule is CN(C(=O)c1ccc(Cl)cc1)C1CCNCC1.Cl. The fourth-order valence-corrected chi connectivity index (χ4v) is 2.28. The summed E-state index contributed by atoms with van der Waals surface area (Å²) in [6, 6.07) is 7.42. The molecule has 1 aliphatic rings. The summed E-state index contributed by atoms with van der Waals surface area (Å²) in [4.78, 5) is 14.1. The number of carbonyl (C=O) groups excluding carboxylic acids is 1. The van der Waals surface area contributed by atoms with Crippen molar-refractivity contribution in [3.63, 3.8) is 0 Å². The van der Waals surface area contributed by atoms with Crippen molar-refractivity contribution in [2.75, 3.05) is 20.1 Å². The zero-order valence-corrected chi connectivity index (χ0v) is 11.9. The van der Waals surface area contributed by atoms with Crippen LogP contribution in [-0.2, 0) is 0 Å². The third kappa shape index (κ3) is 3.61. The highest BCUT2D eigenvalue weighted by molar-refractivity contribution is 6.30. The lowest BCUT2D eigenvalue weighted by Crippen LogP contribution is -2.43. The molecule has 100 valence electrons. The molecule has 0 bridgehead atoms. The third-order valence-corrected chi connectivity index (χ3v) is 3.52. The highest BCUT2D eigenvalue weighted by Crippen LogP contribution is 2.15. The number of piperidine rings is 1. The Kier molecular flexibility index (Phi) is 5.93. The van der Waals surface area contributed by atoms with Gasteiger partial charge in [0.2, 0.25) is 0 Å². The van der Waals surface area contributed by atoms with Crippen LogP contribution in [0.25, 0.3) is 0 Å². The predicted octanol–water partition coefficient (Wildman–Crippen LogP) is 2.59. The molecule has 0 aliphatic carbocycles. The number of nitrogens with zero attached hydrogens (tertiary/aromatic N) is 1. The number of nitrogens with one attached hydrogen (secondary N) is 1. The molecule has 18 heavy (non-hydrogen) atoms. The molecule has 0 saturated carbocycles. The van der Waals surface area contributed by atoms with Gasteiger partial charge in [-0.15, -0.1) is 12.4 Å². The first-order valence-electron chi connectivity index (χ1n) is 5.92. The van der Waals surface area contributed by atoms with Crippen LogP contribution in [0.2, 0.25) is 5.02 Å². The van der Waals surface area contributed by atoms with Gasteiger partial charge in [0.25, 0.3) is 5.91 Å². The van der Waals surface area contributed by atoms with Crippen molar-refractivity contribution in [3.8, 4) is 0 Å². The molecule has 0 aromatic heterocycles. The fraction of sp³-hybridized carbons (Fsp3) is 0.462. The van der Waals surface area contributed by atoms with Crippen LogP contribution in [-0.4, -0.2) is 37.0 Å². The second-order valence-corrected chi connectivity index (χ2v) is 4.84. The number of amides is 1. The maximum absolute atomic E-state index is 12.2. The van der Waals surface area contributed by atoms with Crippen molar-refractivity contribution in [3.05, 3.63) is 34.9 Å². The topological polar surface area (TPSA) is 32.3 Å². The molecule has 0 spiro atoms. The van der Waals surface area contributed by atoms with Crippen LogP contribution < -0.4 is 5.32 Å². The molecule has 1 aromatic carbocycles. The van der Waals surface area contributed by atoms with Crippen LogP contribution in [0.15, 0.2) is 24.3 Å². The normalized spacial score (nSPS) is 15.9. The molecule has 1 fully saturated rings. The van der Waals surface area contributed by atoms with Gasteiger partial charge in [-0.2, -0.15) is 0 Å². The monoisotopic (exact) mass is 288 g/mol. The summed E-state index contributed by atoms with van der Waals surface area (Å²) in [7, 11) is 1.88. The Labute approximate surface area is 119 Å². The van der Waals surface area contributed by atoms with Crippen molar-refractivity contribution in [2.24, 2.45) is 0 Å². The lowest BCUT2D eigenvalue weighted by atomic mass is 10.0. The van der Waals surface area contributed by atoms with E-state index in [4.69, 9.17) is 11.6 Å². The first-order valence-corrected chi connectivity index (χ1v) is 6.30. The van der Waals surface area contributed by atoms with Crippen LogP contribution in [0.3, 0.4) is 0 Å². The maximum Gasteiger partial charge on any atom is 0.253 e. The number of benzene rings is 1. The van der Waals surface area contributed by atoms with Crippen LogP contribution >= 0.6 is 24.0 Å². The van der Waals surface area contributed by atoms with Gasteiger partial charge >= 0.3 is 0 Å². The van der Waals surface area contributed by atoms with Gasteiger partial charge in [0, 0.05) is 23.7 Å². The summed E-state index contributed by atoms with van der Waals surface area (Å²) in [5, 5.41) is 3.96. The molecule has 1 amide bonds. The van der Waals surface area contributed by atoms with Gasteiger partial charge in [-0.3, -0.25) is 4.79 Å². The summed E-state index contributed by atoms with van der Waals surface area (Å²) in [5.74, 6) is 0.0774. The lowest BCUT2D eigenvalue weighted by Gasteiger charge is -2.31. The molecule has 1 heterocycles. The Morgan fingerprint density at radius 2 is 1.83 bits per heavy atom. The van der Waals surface area contributed by atoms with Gasteiger partial charge in [0.05, 0.1) is 0 Å². The molecule has 0 unspecified atom stereocenters. The number of rotatable bonds is 2. The minimum atomic E-state index is 0. The Morgan fingerprint density at radius 3 is 2.39 bits per heavy atom. The van der Waals surface area contributed by atoms with Crippen molar-refractivity contribution in [1.29, 1.82) is 0 Å². The molecule has 1 aromatic rings. The standard InChI is InChI=1S/C13H17ClN2O.ClH/c1-16(12-6-8-15-9-7-12)13(17)10-2-4-11(14)5-3-10;/h2-5,12,15H,6-9H2,1H3;1H. The molecular formula is C13H18Cl2N2O. The summed E-state index contributed by atoms with van der Waals surface area (Å²) < 4.78 is 0. The number of halogens is 2. The molecule has 5 heteroatoms. The van der Waals surface area contributed by atoms with Crippen LogP contribution in [0.4, 0.5) is 0 Å². The number of carbonyl (C=O) groups is 1. The lowest BCUT2D eigenvalue weighted by molar-refractivity contribution is 0.0703. The first-order chi connectivity index (χ1) is 8.18. The van der Waals surface area contributed by atoms with Gasteiger partial charge in [-0.25, -0.2) is 0 Å². The van der Waals surface area contributed by atoms with E-state index in [1.54, 1.807) is 24.3 Å². The van der Waals surface area contributed by atoms with Crippen LogP contribution in [0.1, 0.15) is 23.2 Å². The minimum Gasteiger partial charge on any atom is -0.339 e. The molecule has 3 nitrogen and oxygen atoms in total. The zero-order valence-electron chi connectivity index (χ0n) is 10.4. The van der Waals surface area contributed by atoms with E-state index < -0.39 is 0 Å². The Hall–Kier alpha value is -0.770. The predicted molar refractivity (Wildman–Crippen MR) is 76.7 cm³/mol. The van der Waals surface area contributed by atoms with Crippen LogP contribution in [0, 0.1) is 0 Å². The van der Waals surface area contributed by atoms with Gasteiger partial charge in [-0.05, 0) is 50.2 Å². The second-order valence-electron chi connectivity index (χ2n) is 4.40. The van der Waals surface area contributed by atoms with Gasteiger partial charge in [-0.1, -0.05) is 11.6 Å². The number of hydrogen-bond acceptors (Lipinski definition) is 2. The molecule has 0 radical (unpaired) electrons. The summed E-state index contributed by atoms with van der Waals surface area (Å²) in [6.45, 7) is 1.98. The van der Waals surface area contributed by atoms with E-state index in [1.807, 2.05) is 11.9 Å².